The summed E-state index contributed by atoms with van der Waals surface area (Å²) in [5.74, 6) is 1.17. The van der Waals surface area contributed by atoms with E-state index in [9.17, 15) is 4.79 Å². The van der Waals surface area contributed by atoms with E-state index in [1.807, 2.05) is 61.5 Å². The average molecular weight is 454 g/mol. The molecule has 140 valence electrons. The van der Waals surface area contributed by atoms with Crippen LogP contribution in [0.15, 0.2) is 89.4 Å². The van der Waals surface area contributed by atoms with Crippen molar-refractivity contribution in [3.05, 3.63) is 87.1 Å². The molecule has 0 amide bonds. The normalized spacial score (nSPS) is 11.5. The number of fused-ring (bicyclic) bond motifs is 1. The topological polar surface area (TPSA) is 60.4 Å². The van der Waals surface area contributed by atoms with Crippen molar-refractivity contribution < 1.29 is 4.42 Å². The molecule has 0 saturated heterocycles. The number of aryl methyl sites for hydroxylation is 1. The minimum absolute atomic E-state index is 0.204. The van der Waals surface area contributed by atoms with Gasteiger partial charge in [0.15, 0.2) is 5.09 Å². The minimum Gasteiger partial charge on any atom is -0.448 e. The summed E-state index contributed by atoms with van der Waals surface area (Å²) in [5.41, 5.74) is 0.459. The molecule has 0 N–H and O–H groups in total. The van der Waals surface area contributed by atoms with Gasteiger partial charge in [-0.25, -0.2) is 4.98 Å². The second-order valence-electron chi connectivity index (χ2n) is 5.98. The maximum atomic E-state index is 12.9. The lowest BCUT2D eigenvalue weighted by Crippen LogP contribution is -2.22. The van der Waals surface area contributed by atoms with E-state index in [0.29, 0.717) is 28.9 Å². The average Bonchev–Trinajstić information content (AvgIpc) is 3.15. The summed E-state index contributed by atoms with van der Waals surface area (Å²) in [7, 11) is 0. The van der Waals surface area contributed by atoms with E-state index in [4.69, 9.17) is 4.42 Å². The molecule has 5 nitrogen and oxygen atoms in total. The Hall–Kier alpha value is -2.64. The molecule has 0 unspecified atom stereocenters. The van der Waals surface area contributed by atoms with Gasteiger partial charge in [0.05, 0.1) is 17.1 Å². The van der Waals surface area contributed by atoms with Crippen LogP contribution in [0.3, 0.4) is 0 Å². The number of hydrogen-bond donors (Lipinski definition) is 0. The van der Waals surface area contributed by atoms with Gasteiger partial charge in [-0.15, -0.1) is 0 Å². The predicted octanol–water partition coefficient (Wildman–Crippen LogP) is 5.35. The minimum atomic E-state index is -0.204. The zero-order chi connectivity index (χ0) is 19.5. The van der Waals surface area contributed by atoms with Crippen molar-refractivity contribution in [3.8, 4) is 0 Å². The summed E-state index contributed by atoms with van der Waals surface area (Å²) in [5, 5.41) is 5.62. The van der Waals surface area contributed by atoms with Crippen LogP contribution in [0.4, 0.5) is 0 Å². The quantitative estimate of drug-likeness (QED) is 0.382. The molecule has 0 aliphatic heterocycles. The fourth-order valence-electron chi connectivity index (χ4n) is 2.72. The molecule has 2 heterocycles. The Morgan fingerprint density at radius 1 is 1.18 bits per heavy atom. The number of furan rings is 1. The molecule has 0 saturated carbocycles. The van der Waals surface area contributed by atoms with Gasteiger partial charge < -0.3 is 4.42 Å². The summed E-state index contributed by atoms with van der Waals surface area (Å²) in [6.45, 7) is 1.94. The van der Waals surface area contributed by atoms with Crippen LogP contribution < -0.4 is 5.56 Å². The molecule has 0 radical (unpaired) electrons. The molecule has 0 spiro atoms. The van der Waals surface area contributed by atoms with Crippen molar-refractivity contribution in [1.29, 1.82) is 0 Å². The lowest BCUT2D eigenvalue weighted by atomic mass is 10.2. The maximum absolute atomic E-state index is 12.9. The van der Waals surface area contributed by atoms with Gasteiger partial charge >= 0.3 is 0 Å². The number of benzene rings is 2. The zero-order valence-electron chi connectivity index (χ0n) is 15.0. The molecular weight excluding hydrogens is 438 g/mol. The highest BCUT2D eigenvalue weighted by molar-refractivity contribution is 9.10. The molecule has 2 aromatic carbocycles. The van der Waals surface area contributed by atoms with E-state index in [2.05, 4.69) is 26.0 Å². The number of aromatic nitrogens is 2. The molecule has 2 aromatic heterocycles. The highest BCUT2D eigenvalue weighted by Crippen LogP contribution is 2.28. The summed E-state index contributed by atoms with van der Waals surface area (Å²) >= 11 is 4.93. The van der Waals surface area contributed by atoms with Gasteiger partial charge in [0, 0.05) is 15.8 Å². The van der Waals surface area contributed by atoms with Gasteiger partial charge in [0.1, 0.15) is 11.6 Å². The standard InChI is InChI=1S/C21H16BrN3O2S/c1-2-19-24-18-10-8-14(22)12-17(18)21(26)25(19)23-13-15-9-11-20(27-15)28-16-6-4-3-5-7-16/h3-13H,2H2,1H3. The number of halogens is 1. The maximum Gasteiger partial charge on any atom is 0.282 e. The van der Waals surface area contributed by atoms with Gasteiger partial charge in [-0.05, 0) is 42.5 Å². The van der Waals surface area contributed by atoms with E-state index in [0.717, 1.165) is 14.5 Å². The lowest BCUT2D eigenvalue weighted by molar-refractivity contribution is 0.468. The van der Waals surface area contributed by atoms with Crippen molar-refractivity contribution in [1.82, 2.24) is 9.66 Å². The summed E-state index contributed by atoms with van der Waals surface area (Å²) < 4.78 is 7.96. The Morgan fingerprint density at radius 2 is 2.00 bits per heavy atom. The van der Waals surface area contributed by atoms with Crippen LogP contribution in [0, 0.1) is 0 Å². The van der Waals surface area contributed by atoms with Crippen LogP contribution in [0.25, 0.3) is 10.9 Å². The van der Waals surface area contributed by atoms with Crippen LogP contribution in [-0.4, -0.2) is 15.9 Å². The third kappa shape index (κ3) is 3.95. The van der Waals surface area contributed by atoms with Crippen molar-refractivity contribution >= 4 is 44.8 Å². The summed E-state index contributed by atoms with van der Waals surface area (Å²) in [4.78, 5) is 18.5. The number of nitrogens with zero attached hydrogens (tertiary/aromatic N) is 3. The third-order valence-electron chi connectivity index (χ3n) is 4.06. The molecule has 0 bridgehead atoms. The first-order valence-electron chi connectivity index (χ1n) is 8.72. The monoisotopic (exact) mass is 453 g/mol. The Morgan fingerprint density at radius 3 is 2.79 bits per heavy atom. The third-order valence-corrected chi connectivity index (χ3v) is 5.48. The lowest BCUT2D eigenvalue weighted by Gasteiger charge is -2.07. The van der Waals surface area contributed by atoms with Crippen LogP contribution in [0.2, 0.25) is 0 Å². The van der Waals surface area contributed by atoms with Gasteiger partial charge in [-0.3, -0.25) is 4.79 Å². The molecule has 7 heteroatoms. The predicted molar refractivity (Wildman–Crippen MR) is 115 cm³/mol. The molecule has 28 heavy (non-hydrogen) atoms. The van der Waals surface area contributed by atoms with E-state index >= 15 is 0 Å². The van der Waals surface area contributed by atoms with Crippen LogP contribution in [0.5, 0.6) is 0 Å². The van der Waals surface area contributed by atoms with E-state index in [1.165, 1.54) is 16.4 Å². The van der Waals surface area contributed by atoms with Crippen molar-refractivity contribution in [2.45, 2.75) is 23.3 Å². The Labute approximate surface area is 174 Å². The highest BCUT2D eigenvalue weighted by atomic mass is 79.9. The van der Waals surface area contributed by atoms with Crippen LogP contribution >= 0.6 is 27.7 Å². The van der Waals surface area contributed by atoms with Crippen molar-refractivity contribution in [2.75, 3.05) is 0 Å². The molecule has 0 atom stereocenters. The van der Waals surface area contributed by atoms with Gasteiger partial charge in [0.2, 0.25) is 0 Å². The molecule has 0 fully saturated rings. The number of rotatable bonds is 5. The number of hydrogen-bond acceptors (Lipinski definition) is 5. The zero-order valence-corrected chi connectivity index (χ0v) is 17.4. The summed E-state index contributed by atoms with van der Waals surface area (Å²) in [6.07, 6.45) is 2.13. The second-order valence-corrected chi connectivity index (χ2v) is 7.97. The van der Waals surface area contributed by atoms with E-state index in [1.54, 1.807) is 12.3 Å². The first kappa shape index (κ1) is 18.7. The fraction of sp³-hybridized carbons (Fsp3) is 0.0952. The molecule has 4 aromatic rings. The first-order chi connectivity index (χ1) is 13.6. The van der Waals surface area contributed by atoms with Gasteiger partial charge in [0.25, 0.3) is 5.56 Å². The SMILES string of the molecule is CCc1nc2ccc(Br)cc2c(=O)n1N=Cc1ccc(Sc2ccccc2)o1. The Bertz CT molecular complexity index is 1220. The van der Waals surface area contributed by atoms with Crippen LogP contribution in [-0.2, 0) is 6.42 Å². The highest BCUT2D eigenvalue weighted by Gasteiger charge is 2.10. The van der Waals surface area contributed by atoms with Crippen molar-refractivity contribution in [3.63, 3.8) is 0 Å². The molecule has 0 aliphatic rings. The van der Waals surface area contributed by atoms with Crippen LogP contribution in [0.1, 0.15) is 18.5 Å². The molecule has 4 rings (SSSR count). The van der Waals surface area contributed by atoms with Crippen molar-refractivity contribution in [2.24, 2.45) is 5.10 Å². The van der Waals surface area contributed by atoms with Gasteiger partial charge in [-0.1, -0.05) is 52.8 Å². The Kier molecular flexibility index (Phi) is 5.45. The van der Waals surface area contributed by atoms with E-state index in [-0.39, 0.29) is 5.56 Å². The largest absolute Gasteiger partial charge is 0.448 e. The smallest absolute Gasteiger partial charge is 0.282 e. The molecule has 0 aliphatic carbocycles. The second kappa shape index (κ2) is 8.16. The van der Waals surface area contributed by atoms with Gasteiger partial charge in [-0.2, -0.15) is 9.78 Å². The fourth-order valence-corrected chi connectivity index (χ4v) is 3.88. The van der Waals surface area contributed by atoms with E-state index < -0.39 is 0 Å². The molecular formula is C21H16BrN3O2S. The first-order valence-corrected chi connectivity index (χ1v) is 10.3. The summed E-state index contributed by atoms with van der Waals surface area (Å²) in [6, 6.07) is 19.2. The Balaban J connectivity index is 1.65.